The van der Waals surface area contributed by atoms with E-state index in [1.807, 2.05) is 0 Å². The highest BCUT2D eigenvalue weighted by atomic mass is 19.3. The van der Waals surface area contributed by atoms with E-state index in [0.717, 1.165) is 11.1 Å². The Balaban J connectivity index is 0.000000202. The summed E-state index contributed by atoms with van der Waals surface area (Å²) in [5.74, 6) is -0.757. The second-order valence-corrected chi connectivity index (χ2v) is 10.3. The van der Waals surface area contributed by atoms with Gasteiger partial charge in [-0.2, -0.15) is 0 Å². The van der Waals surface area contributed by atoms with Gasteiger partial charge in [0, 0.05) is 17.2 Å². The summed E-state index contributed by atoms with van der Waals surface area (Å²) in [5.41, 5.74) is 8.59. The van der Waals surface area contributed by atoms with Crippen LogP contribution in [0.15, 0.2) is 97.1 Å². The third-order valence-electron chi connectivity index (χ3n) is 7.11. The Hall–Kier alpha value is -4.35. The Labute approximate surface area is 250 Å². The van der Waals surface area contributed by atoms with Gasteiger partial charge in [0.05, 0.1) is 12.1 Å². The molecule has 5 rings (SSSR count). The van der Waals surface area contributed by atoms with Gasteiger partial charge in [-0.15, -0.1) is 0 Å². The van der Waals surface area contributed by atoms with Crippen LogP contribution in [-0.2, 0) is 17.6 Å². The summed E-state index contributed by atoms with van der Waals surface area (Å²) in [5, 5.41) is 12.8. The summed E-state index contributed by atoms with van der Waals surface area (Å²) in [6.07, 6.45) is -6.28. The number of carbonyl (C=O) groups is 1. The average Bonchev–Trinajstić information content (AvgIpc) is 3.38. The molecule has 1 heterocycles. The highest BCUT2D eigenvalue weighted by molar-refractivity contribution is 5.70. The van der Waals surface area contributed by atoms with Crippen LogP contribution in [0.3, 0.4) is 0 Å². The summed E-state index contributed by atoms with van der Waals surface area (Å²) in [6.45, 7) is 0. The van der Waals surface area contributed by atoms with Crippen molar-refractivity contribution in [1.82, 2.24) is 5.32 Å². The lowest BCUT2D eigenvalue weighted by Gasteiger charge is -2.19. The lowest BCUT2D eigenvalue weighted by Crippen LogP contribution is -2.30. The molecular weight excluding hydrogens is 586 g/mol. The number of nitrogens with two attached hydrogens (primary N) is 1. The molecule has 4 unspecified atom stereocenters. The number of alkyl halides is 4. The molecule has 4 atom stereocenters. The number of alkyl carbamates (subject to hydrolysis) is 1. The minimum Gasteiger partial charge on any atom is -0.439 e. The summed E-state index contributed by atoms with van der Waals surface area (Å²) in [4.78, 5) is 11.5. The molecule has 44 heavy (non-hydrogen) atoms. The minimum absolute atomic E-state index is 0.0458. The maximum atomic E-state index is 13.0. The number of carbonyl (C=O) groups excluding carboxylic acids is 1. The molecule has 0 spiro atoms. The molecule has 4 N–H and O–H groups in total. The van der Waals surface area contributed by atoms with Crippen molar-refractivity contribution in [2.45, 2.75) is 50.0 Å². The van der Waals surface area contributed by atoms with Crippen molar-refractivity contribution < 1.29 is 41.0 Å². The summed E-state index contributed by atoms with van der Waals surface area (Å²) in [7, 11) is 0. The zero-order valence-corrected chi connectivity index (χ0v) is 23.2. The monoisotopic (exact) mass is 616 g/mol. The van der Waals surface area contributed by atoms with E-state index in [1.54, 1.807) is 36.4 Å². The number of aliphatic hydroxyl groups is 1. The highest BCUT2D eigenvalue weighted by Gasteiger charge is 2.35. The van der Waals surface area contributed by atoms with E-state index >= 15 is 0 Å². The van der Waals surface area contributed by atoms with Gasteiger partial charge in [-0.3, -0.25) is 0 Å². The number of rotatable bonds is 9. The molecule has 0 bridgehead atoms. The van der Waals surface area contributed by atoms with Crippen molar-refractivity contribution in [2.75, 3.05) is 0 Å². The van der Waals surface area contributed by atoms with Crippen LogP contribution in [0.2, 0.25) is 0 Å². The van der Waals surface area contributed by atoms with Gasteiger partial charge in [-0.1, -0.05) is 72.8 Å². The van der Waals surface area contributed by atoms with E-state index < -0.39 is 37.2 Å². The molecular formula is C33H30F6N2O3. The molecule has 4 aromatic carbocycles. The van der Waals surface area contributed by atoms with Crippen LogP contribution in [0, 0.1) is 11.6 Å². The second-order valence-electron chi connectivity index (χ2n) is 10.3. The number of halogens is 6. The molecule has 1 fully saturated rings. The number of nitrogens with one attached hydrogen (secondary N) is 1. The molecule has 1 aliphatic heterocycles. The van der Waals surface area contributed by atoms with E-state index in [9.17, 15) is 36.2 Å². The van der Waals surface area contributed by atoms with Gasteiger partial charge < -0.3 is 20.9 Å². The first kappa shape index (κ1) is 32.6. The lowest BCUT2D eigenvalue weighted by atomic mass is 9.96. The first-order chi connectivity index (χ1) is 21.0. The molecule has 0 saturated carbocycles. The predicted molar refractivity (Wildman–Crippen MR) is 152 cm³/mol. The molecule has 0 radical (unpaired) electrons. The Bertz CT molecular complexity index is 1480. The van der Waals surface area contributed by atoms with Crippen molar-refractivity contribution in [3.8, 4) is 0 Å². The fraction of sp³-hybridized carbons (Fsp3) is 0.242. The van der Waals surface area contributed by atoms with Crippen LogP contribution in [0.25, 0.3) is 0 Å². The predicted octanol–water partition coefficient (Wildman–Crippen LogP) is 7.52. The number of benzene rings is 4. The zero-order chi connectivity index (χ0) is 31.8. The number of amides is 1. The van der Waals surface area contributed by atoms with Crippen molar-refractivity contribution in [2.24, 2.45) is 5.73 Å². The number of hydrogen-bond acceptors (Lipinski definition) is 4. The first-order valence-corrected chi connectivity index (χ1v) is 13.7. The maximum absolute atomic E-state index is 13.0. The van der Waals surface area contributed by atoms with Gasteiger partial charge in [0.2, 0.25) is 0 Å². The molecule has 11 heteroatoms. The highest BCUT2D eigenvalue weighted by Crippen LogP contribution is 2.29. The van der Waals surface area contributed by atoms with E-state index in [1.165, 1.54) is 60.7 Å². The third kappa shape index (κ3) is 8.84. The van der Waals surface area contributed by atoms with Gasteiger partial charge in [0.1, 0.15) is 17.7 Å². The normalized spacial score (nSPS) is 17.5. The number of hydrogen-bond donors (Lipinski definition) is 3. The van der Waals surface area contributed by atoms with Crippen LogP contribution < -0.4 is 11.1 Å². The molecule has 1 amide bonds. The van der Waals surface area contributed by atoms with Gasteiger partial charge in [-0.25, -0.2) is 31.1 Å². The van der Waals surface area contributed by atoms with Gasteiger partial charge in [-0.05, 0) is 59.4 Å². The molecule has 0 aromatic heterocycles. The van der Waals surface area contributed by atoms with Crippen molar-refractivity contribution >= 4 is 6.09 Å². The summed E-state index contributed by atoms with van der Waals surface area (Å²) >= 11 is 0. The Morgan fingerprint density at radius 1 is 0.705 bits per heavy atom. The quantitative estimate of drug-likeness (QED) is 0.170. The summed E-state index contributed by atoms with van der Waals surface area (Å²) < 4.78 is 81.1. The Morgan fingerprint density at radius 3 is 1.66 bits per heavy atom. The van der Waals surface area contributed by atoms with Crippen molar-refractivity contribution in [3.63, 3.8) is 0 Å². The van der Waals surface area contributed by atoms with E-state index in [0.29, 0.717) is 24.0 Å². The van der Waals surface area contributed by atoms with Crippen LogP contribution in [0.4, 0.5) is 31.1 Å². The zero-order valence-electron chi connectivity index (χ0n) is 23.2. The largest absolute Gasteiger partial charge is 0.439 e. The number of ether oxygens (including phenoxy) is 1. The molecule has 0 aliphatic carbocycles. The average molecular weight is 617 g/mol. The second kappa shape index (κ2) is 14.9. The van der Waals surface area contributed by atoms with Gasteiger partial charge >= 0.3 is 6.09 Å². The van der Waals surface area contributed by atoms with Gasteiger partial charge in [0.25, 0.3) is 12.9 Å². The minimum atomic E-state index is -2.51. The first-order valence-electron chi connectivity index (χ1n) is 13.7. The van der Waals surface area contributed by atoms with E-state index in [-0.39, 0.29) is 28.8 Å². The maximum Gasteiger partial charge on any atom is 0.408 e. The van der Waals surface area contributed by atoms with Crippen LogP contribution in [0.5, 0.6) is 0 Å². The standard InChI is InChI=1S/C17H14F3NO2.C16H16F3NO/c18-13-7-5-11(6-8-13)15-14(21-17(22)23-15)9-10-1-3-12(4-2-10)16(19)20;17-13-7-5-11(6-8-13)15(21)14(20)9-10-1-3-12(4-2-10)16(18)19/h1-8,14-16H,9H2,(H,21,22);1-8,14-16,21H,9,20H2. The Kier molecular flexibility index (Phi) is 11.0. The van der Waals surface area contributed by atoms with E-state index in [4.69, 9.17) is 10.5 Å². The fourth-order valence-corrected chi connectivity index (χ4v) is 4.71. The van der Waals surface area contributed by atoms with Crippen LogP contribution >= 0.6 is 0 Å². The molecule has 232 valence electrons. The summed E-state index contributed by atoms with van der Waals surface area (Å²) in [6, 6.07) is 22.0. The van der Waals surface area contributed by atoms with Crippen LogP contribution in [0.1, 0.15) is 58.4 Å². The lowest BCUT2D eigenvalue weighted by molar-refractivity contribution is 0.132. The van der Waals surface area contributed by atoms with Crippen molar-refractivity contribution in [1.29, 1.82) is 0 Å². The molecule has 1 saturated heterocycles. The van der Waals surface area contributed by atoms with E-state index in [2.05, 4.69) is 5.32 Å². The van der Waals surface area contributed by atoms with Gasteiger partial charge in [0.15, 0.2) is 0 Å². The Morgan fingerprint density at radius 2 is 1.16 bits per heavy atom. The molecule has 5 nitrogen and oxygen atoms in total. The smallest absolute Gasteiger partial charge is 0.408 e. The topological polar surface area (TPSA) is 84.6 Å². The van der Waals surface area contributed by atoms with Crippen LogP contribution in [-0.4, -0.2) is 23.3 Å². The third-order valence-corrected chi connectivity index (χ3v) is 7.11. The fourth-order valence-electron chi connectivity index (χ4n) is 4.71. The SMILES string of the molecule is NC(Cc1ccc(C(F)F)cc1)C(O)c1ccc(F)cc1.O=C1NC(Cc2ccc(C(F)F)cc2)C(c2ccc(F)cc2)O1. The molecule has 4 aromatic rings. The molecule has 1 aliphatic rings. The van der Waals surface area contributed by atoms with Crippen molar-refractivity contribution in [3.05, 3.63) is 142 Å². The number of cyclic esters (lactones) is 1. The number of aliphatic hydroxyl groups excluding tert-OH is 1.